The lowest BCUT2D eigenvalue weighted by atomic mass is 10.1. The minimum Gasteiger partial charge on any atom is -0.486 e. The molecule has 0 aliphatic heterocycles. The molecule has 0 bridgehead atoms. The van der Waals surface area contributed by atoms with Crippen LogP contribution in [0.1, 0.15) is 30.9 Å². The highest BCUT2D eigenvalue weighted by Gasteiger charge is 2.13. The van der Waals surface area contributed by atoms with Gasteiger partial charge in [0.15, 0.2) is 5.75 Å². The molecule has 0 radical (unpaired) electrons. The molecule has 0 aliphatic rings. The highest BCUT2D eigenvalue weighted by atomic mass is 35.5. The van der Waals surface area contributed by atoms with E-state index in [9.17, 15) is 9.59 Å². The number of halogens is 3. The van der Waals surface area contributed by atoms with Gasteiger partial charge in [-0.2, -0.15) is 0 Å². The molecule has 0 fully saturated rings. The Kier molecular flexibility index (Phi) is 7.78. The van der Waals surface area contributed by atoms with E-state index in [4.69, 9.17) is 44.6 Å². The SMILES string of the molecule is CCC(=O)Nc1cccc(COc2c(Cl)cc(CCC(=O)O)cc2Cl)c1Cl. The summed E-state index contributed by atoms with van der Waals surface area (Å²) in [7, 11) is 0. The molecule has 0 heterocycles. The van der Waals surface area contributed by atoms with Crippen molar-refractivity contribution in [2.75, 3.05) is 5.32 Å². The number of carboxylic acid groups (broad SMARTS) is 1. The number of carboxylic acids is 1. The first kappa shape index (κ1) is 21.4. The van der Waals surface area contributed by atoms with Gasteiger partial charge in [-0.1, -0.05) is 53.9 Å². The summed E-state index contributed by atoms with van der Waals surface area (Å²) in [6, 6.07) is 8.49. The van der Waals surface area contributed by atoms with Crippen molar-refractivity contribution in [1.82, 2.24) is 0 Å². The van der Waals surface area contributed by atoms with E-state index in [0.29, 0.717) is 34.7 Å². The molecule has 0 atom stereocenters. The third kappa shape index (κ3) is 6.03. The monoisotopic (exact) mass is 429 g/mol. The molecule has 27 heavy (non-hydrogen) atoms. The summed E-state index contributed by atoms with van der Waals surface area (Å²) < 4.78 is 5.72. The lowest BCUT2D eigenvalue weighted by Gasteiger charge is -2.14. The Labute approximate surface area is 172 Å². The Bertz CT molecular complexity index is 832. The van der Waals surface area contributed by atoms with Gasteiger partial charge in [0.2, 0.25) is 5.91 Å². The van der Waals surface area contributed by atoms with Gasteiger partial charge in [0.25, 0.3) is 0 Å². The summed E-state index contributed by atoms with van der Waals surface area (Å²) in [5.74, 6) is -0.748. The number of hydrogen-bond donors (Lipinski definition) is 2. The number of carbonyl (C=O) groups is 2. The van der Waals surface area contributed by atoms with Gasteiger partial charge in [-0.15, -0.1) is 0 Å². The second-order valence-electron chi connectivity index (χ2n) is 5.75. The van der Waals surface area contributed by atoms with E-state index in [2.05, 4.69) is 5.32 Å². The number of aliphatic carboxylic acids is 1. The van der Waals surface area contributed by atoms with Crippen LogP contribution in [-0.2, 0) is 22.6 Å². The van der Waals surface area contributed by atoms with E-state index in [-0.39, 0.29) is 34.7 Å². The fourth-order valence-electron chi connectivity index (χ4n) is 2.32. The van der Waals surface area contributed by atoms with Gasteiger partial charge in [0, 0.05) is 18.4 Å². The van der Waals surface area contributed by atoms with E-state index >= 15 is 0 Å². The van der Waals surface area contributed by atoms with Crippen LogP contribution in [0.2, 0.25) is 15.1 Å². The highest BCUT2D eigenvalue weighted by molar-refractivity contribution is 6.37. The van der Waals surface area contributed by atoms with Crippen molar-refractivity contribution in [3.8, 4) is 5.75 Å². The van der Waals surface area contributed by atoms with Gasteiger partial charge in [0.05, 0.1) is 20.8 Å². The number of anilines is 1. The molecule has 0 unspecified atom stereocenters. The third-order valence-electron chi connectivity index (χ3n) is 3.73. The number of amides is 1. The first-order valence-electron chi connectivity index (χ1n) is 8.21. The van der Waals surface area contributed by atoms with Crippen LogP contribution in [0.25, 0.3) is 0 Å². The van der Waals surface area contributed by atoms with Crippen molar-refractivity contribution in [3.05, 3.63) is 56.5 Å². The molecule has 0 saturated carbocycles. The summed E-state index contributed by atoms with van der Waals surface area (Å²) in [4.78, 5) is 22.3. The van der Waals surface area contributed by atoms with Crippen molar-refractivity contribution < 1.29 is 19.4 Å². The number of aryl methyl sites for hydroxylation is 1. The minimum absolute atomic E-state index is 0.0151. The van der Waals surface area contributed by atoms with Gasteiger partial charge in [-0.05, 0) is 30.2 Å². The average Bonchev–Trinajstić information content (AvgIpc) is 2.61. The van der Waals surface area contributed by atoms with E-state index < -0.39 is 5.97 Å². The predicted octanol–water partition coefficient (Wildman–Crippen LogP) is 5.59. The maximum absolute atomic E-state index is 11.6. The lowest BCUT2D eigenvalue weighted by molar-refractivity contribution is -0.137. The van der Waals surface area contributed by atoms with Crippen LogP contribution in [0, 0.1) is 0 Å². The van der Waals surface area contributed by atoms with Crippen molar-refractivity contribution in [1.29, 1.82) is 0 Å². The molecule has 0 aromatic heterocycles. The number of nitrogens with one attached hydrogen (secondary N) is 1. The standard InChI is InChI=1S/C19H18Cl3NO4/c1-2-16(24)23-15-5-3-4-12(18(15)22)10-27-19-13(20)8-11(9-14(19)21)6-7-17(25)26/h3-5,8-9H,2,6-7,10H2,1H3,(H,23,24)(H,25,26). The van der Waals surface area contributed by atoms with Gasteiger partial charge in [-0.3, -0.25) is 9.59 Å². The van der Waals surface area contributed by atoms with E-state index in [1.54, 1.807) is 37.3 Å². The molecular weight excluding hydrogens is 413 g/mol. The quantitative estimate of drug-likeness (QED) is 0.572. The molecule has 2 N–H and O–H groups in total. The van der Waals surface area contributed by atoms with Crippen LogP contribution >= 0.6 is 34.8 Å². The Morgan fingerprint density at radius 3 is 2.41 bits per heavy atom. The number of rotatable bonds is 8. The van der Waals surface area contributed by atoms with Crippen molar-refractivity contribution in [2.24, 2.45) is 0 Å². The predicted molar refractivity (Wildman–Crippen MR) is 107 cm³/mol. The number of carbonyl (C=O) groups excluding carboxylic acids is 1. The highest BCUT2D eigenvalue weighted by Crippen LogP contribution is 2.36. The summed E-state index contributed by atoms with van der Waals surface area (Å²) in [5, 5.41) is 12.4. The fraction of sp³-hybridized carbons (Fsp3) is 0.263. The van der Waals surface area contributed by atoms with Crippen LogP contribution in [0.4, 0.5) is 5.69 Å². The third-order valence-corrected chi connectivity index (χ3v) is 4.74. The van der Waals surface area contributed by atoms with E-state index in [0.717, 1.165) is 0 Å². The zero-order chi connectivity index (χ0) is 20.0. The Morgan fingerprint density at radius 2 is 1.81 bits per heavy atom. The Hall–Kier alpha value is -1.95. The minimum atomic E-state index is -0.896. The fourth-order valence-corrected chi connectivity index (χ4v) is 3.19. The van der Waals surface area contributed by atoms with Gasteiger partial charge in [-0.25, -0.2) is 0 Å². The molecular formula is C19H18Cl3NO4. The van der Waals surface area contributed by atoms with Crippen LogP contribution in [0.15, 0.2) is 30.3 Å². The molecule has 0 aliphatic carbocycles. The summed E-state index contributed by atoms with van der Waals surface area (Å²) in [6.07, 6.45) is 0.648. The number of ether oxygens (including phenoxy) is 1. The Balaban J connectivity index is 2.13. The maximum Gasteiger partial charge on any atom is 0.303 e. The Morgan fingerprint density at radius 1 is 1.15 bits per heavy atom. The molecule has 0 saturated heterocycles. The first-order valence-corrected chi connectivity index (χ1v) is 9.35. The summed E-state index contributed by atoms with van der Waals surface area (Å²) in [6.45, 7) is 1.85. The number of benzene rings is 2. The van der Waals surface area contributed by atoms with Crippen molar-refractivity contribution in [2.45, 2.75) is 32.8 Å². The van der Waals surface area contributed by atoms with Crippen LogP contribution in [-0.4, -0.2) is 17.0 Å². The molecule has 5 nitrogen and oxygen atoms in total. The topological polar surface area (TPSA) is 75.6 Å². The molecule has 1 amide bonds. The molecule has 8 heteroatoms. The molecule has 144 valence electrons. The van der Waals surface area contributed by atoms with Gasteiger partial charge in [0.1, 0.15) is 6.61 Å². The van der Waals surface area contributed by atoms with E-state index in [1.165, 1.54) is 0 Å². The summed E-state index contributed by atoms with van der Waals surface area (Å²) >= 11 is 18.8. The zero-order valence-corrected chi connectivity index (χ0v) is 16.8. The van der Waals surface area contributed by atoms with Gasteiger partial charge < -0.3 is 15.2 Å². The average molecular weight is 431 g/mol. The second kappa shape index (κ2) is 9.83. The van der Waals surface area contributed by atoms with Crippen LogP contribution in [0.5, 0.6) is 5.75 Å². The smallest absolute Gasteiger partial charge is 0.303 e. The molecule has 0 spiro atoms. The second-order valence-corrected chi connectivity index (χ2v) is 6.94. The first-order chi connectivity index (χ1) is 12.8. The molecule has 2 rings (SSSR count). The molecule has 2 aromatic rings. The maximum atomic E-state index is 11.6. The zero-order valence-electron chi connectivity index (χ0n) is 14.5. The van der Waals surface area contributed by atoms with E-state index in [1.807, 2.05) is 0 Å². The van der Waals surface area contributed by atoms with Crippen molar-refractivity contribution in [3.63, 3.8) is 0 Å². The molecule has 2 aromatic carbocycles. The number of hydrogen-bond acceptors (Lipinski definition) is 3. The van der Waals surface area contributed by atoms with Crippen LogP contribution < -0.4 is 10.1 Å². The van der Waals surface area contributed by atoms with Crippen LogP contribution in [0.3, 0.4) is 0 Å². The normalized spacial score (nSPS) is 10.5. The van der Waals surface area contributed by atoms with Crippen molar-refractivity contribution >= 4 is 52.4 Å². The largest absolute Gasteiger partial charge is 0.486 e. The van der Waals surface area contributed by atoms with Gasteiger partial charge >= 0.3 is 5.97 Å². The lowest BCUT2D eigenvalue weighted by Crippen LogP contribution is -2.10. The summed E-state index contributed by atoms with van der Waals surface area (Å²) in [5.41, 5.74) is 1.88.